The van der Waals surface area contributed by atoms with Crippen LogP contribution < -0.4 is 10.6 Å². The first-order chi connectivity index (χ1) is 8.56. The molecule has 1 saturated carbocycles. The standard InChI is InChI=1S/C15H22N2O/c1-10-6-12(3)13(7-11(10)2)8-17-15(18)9-16-14-4-5-14/h6-7,14,16H,4-5,8-9H2,1-3H3,(H,17,18). The van der Waals surface area contributed by atoms with Gasteiger partial charge in [0.25, 0.3) is 0 Å². The van der Waals surface area contributed by atoms with E-state index in [1.165, 1.54) is 35.1 Å². The van der Waals surface area contributed by atoms with E-state index in [1.807, 2.05) is 0 Å². The molecule has 0 atom stereocenters. The molecule has 1 aromatic carbocycles. The number of nitrogens with one attached hydrogen (secondary N) is 2. The van der Waals surface area contributed by atoms with E-state index in [0.717, 1.165) is 0 Å². The Morgan fingerprint density at radius 1 is 1.17 bits per heavy atom. The van der Waals surface area contributed by atoms with E-state index in [-0.39, 0.29) is 5.91 Å². The highest BCUT2D eigenvalue weighted by molar-refractivity contribution is 5.78. The average molecular weight is 246 g/mol. The largest absolute Gasteiger partial charge is 0.351 e. The number of carbonyl (C=O) groups is 1. The van der Waals surface area contributed by atoms with Gasteiger partial charge < -0.3 is 10.6 Å². The topological polar surface area (TPSA) is 41.1 Å². The summed E-state index contributed by atoms with van der Waals surface area (Å²) < 4.78 is 0. The number of amides is 1. The molecule has 2 N–H and O–H groups in total. The van der Waals surface area contributed by atoms with Crippen LogP contribution in [0.1, 0.15) is 35.1 Å². The van der Waals surface area contributed by atoms with E-state index in [4.69, 9.17) is 0 Å². The van der Waals surface area contributed by atoms with E-state index in [1.54, 1.807) is 0 Å². The zero-order valence-corrected chi connectivity index (χ0v) is 11.5. The monoisotopic (exact) mass is 246 g/mol. The third kappa shape index (κ3) is 3.57. The lowest BCUT2D eigenvalue weighted by molar-refractivity contribution is -0.120. The molecule has 0 radical (unpaired) electrons. The maximum atomic E-state index is 11.6. The third-order valence-electron chi connectivity index (χ3n) is 3.56. The molecule has 2 rings (SSSR count). The molecule has 0 spiro atoms. The molecule has 0 aromatic heterocycles. The number of aryl methyl sites for hydroxylation is 3. The maximum absolute atomic E-state index is 11.6. The Morgan fingerprint density at radius 3 is 2.50 bits per heavy atom. The number of benzene rings is 1. The van der Waals surface area contributed by atoms with Crippen molar-refractivity contribution in [3.05, 3.63) is 34.4 Å². The normalized spacial score (nSPS) is 14.6. The highest BCUT2D eigenvalue weighted by atomic mass is 16.1. The van der Waals surface area contributed by atoms with Crippen molar-refractivity contribution in [3.63, 3.8) is 0 Å². The van der Waals surface area contributed by atoms with Crippen LogP contribution in [0.3, 0.4) is 0 Å². The van der Waals surface area contributed by atoms with Crippen LogP contribution in [0.15, 0.2) is 12.1 Å². The van der Waals surface area contributed by atoms with Gasteiger partial charge in [0, 0.05) is 12.6 Å². The zero-order chi connectivity index (χ0) is 13.1. The second-order valence-electron chi connectivity index (χ2n) is 5.29. The van der Waals surface area contributed by atoms with E-state index >= 15 is 0 Å². The van der Waals surface area contributed by atoms with Crippen LogP contribution >= 0.6 is 0 Å². The van der Waals surface area contributed by atoms with Crippen LogP contribution in [0, 0.1) is 20.8 Å². The summed E-state index contributed by atoms with van der Waals surface area (Å²) in [6.07, 6.45) is 2.42. The van der Waals surface area contributed by atoms with Crippen LogP contribution in [-0.2, 0) is 11.3 Å². The van der Waals surface area contributed by atoms with Crippen molar-refractivity contribution >= 4 is 5.91 Å². The van der Waals surface area contributed by atoms with Crippen molar-refractivity contribution in [2.45, 2.75) is 46.2 Å². The summed E-state index contributed by atoms with van der Waals surface area (Å²) in [7, 11) is 0. The van der Waals surface area contributed by atoms with Gasteiger partial charge in [-0.05, 0) is 55.9 Å². The van der Waals surface area contributed by atoms with Crippen molar-refractivity contribution in [1.82, 2.24) is 10.6 Å². The summed E-state index contributed by atoms with van der Waals surface area (Å²) in [4.78, 5) is 11.6. The molecule has 3 nitrogen and oxygen atoms in total. The van der Waals surface area contributed by atoms with E-state index in [2.05, 4.69) is 43.5 Å². The Hall–Kier alpha value is -1.35. The maximum Gasteiger partial charge on any atom is 0.234 e. The Labute approximate surface area is 109 Å². The number of rotatable bonds is 5. The Bertz CT molecular complexity index is 450. The molecule has 0 bridgehead atoms. The van der Waals surface area contributed by atoms with E-state index in [9.17, 15) is 4.79 Å². The SMILES string of the molecule is Cc1cc(C)c(CNC(=O)CNC2CC2)cc1C. The predicted octanol–water partition coefficient (Wildman–Crippen LogP) is 1.98. The van der Waals surface area contributed by atoms with Gasteiger partial charge in [-0.3, -0.25) is 4.79 Å². The predicted molar refractivity (Wildman–Crippen MR) is 73.5 cm³/mol. The lowest BCUT2D eigenvalue weighted by Gasteiger charge is -2.11. The Balaban J connectivity index is 1.84. The van der Waals surface area contributed by atoms with Crippen molar-refractivity contribution in [2.75, 3.05) is 6.54 Å². The molecule has 0 heterocycles. The van der Waals surface area contributed by atoms with Gasteiger partial charge in [-0.2, -0.15) is 0 Å². The average Bonchev–Trinajstić information content (AvgIpc) is 3.13. The fourth-order valence-corrected chi connectivity index (χ4v) is 1.99. The summed E-state index contributed by atoms with van der Waals surface area (Å²) in [5.41, 5.74) is 5.03. The summed E-state index contributed by atoms with van der Waals surface area (Å²) in [5, 5.41) is 6.18. The van der Waals surface area contributed by atoms with Gasteiger partial charge in [-0.25, -0.2) is 0 Å². The molecule has 1 amide bonds. The highest BCUT2D eigenvalue weighted by Crippen LogP contribution is 2.18. The second-order valence-corrected chi connectivity index (χ2v) is 5.29. The summed E-state index contributed by atoms with van der Waals surface area (Å²) in [5.74, 6) is 0.0829. The number of carbonyl (C=O) groups excluding carboxylic acids is 1. The molecule has 0 aliphatic heterocycles. The van der Waals surface area contributed by atoms with Crippen molar-refractivity contribution in [3.8, 4) is 0 Å². The van der Waals surface area contributed by atoms with Crippen molar-refractivity contribution in [1.29, 1.82) is 0 Å². The fourth-order valence-electron chi connectivity index (χ4n) is 1.99. The lowest BCUT2D eigenvalue weighted by Crippen LogP contribution is -2.34. The van der Waals surface area contributed by atoms with Crippen LogP contribution in [0.2, 0.25) is 0 Å². The summed E-state index contributed by atoms with van der Waals surface area (Å²) in [6.45, 7) is 7.38. The molecule has 0 unspecified atom stereocenters. The summed E-state index contributed by atoms with van der Waals surface area (Å²) >= 11 is 0. The number of hydrogen-bond acceptors (Lipinski definition) is 2. The lowest BCUT2D eigenvalue weighted by atomic mass is 10.0. The summed E-state index contributed by atoms with van der Waals surface area (Å²) in [6, 6.07) is 4.93. The molecule has 1 fully saturated rings. The van der Waals surface area contributed by atoms with Gasteiger partial charge in [0.1, 0.15) is 0 Å². The minimum absolute atomic E-state index is 0.0829. The molecule has 98 valence electrons. The second kappa shape index (κ2) is 5.53. The molecular formula is C15H22N2O. The Kier molecular flexibility index (Phi) is 4.02. The van der Waals surface area contributed by atoms with E-state index < -0.39 is 0 Å². The van der Waals surface area contributed by atoms with Crippen LogP contribution in [-0.4, -0.2) is 18.5 Å². The molecule has 1 aliphatic rings. The molecule has 1 aliphatic carbocycles. The van der Waals surface area contributed by atoms with Crippen LogP contribution in [0.25, 0.3) is 0 Å². The quantitative estimate of drug-likeness (QED) is 0.834. The van der Waals surface area contributed by atoms with Gasteiger partial charge in [-0.1, -0.05) is 12.1 Å². The van der Waals surface area contributed by atoms with Gasteiger partial charge >= 0.3 is 0 Å². The van der Waals surface area contributed by atoms with Crippen molar-refractivity contribution in [2.24, 2.45) is 0 Å². The highest BCUT2D eigenvalue weighted by Gasteiger charge is 2.20. The van der Waals surface area contributed by atoms with Crippen molar-refractivity contribution < 1.29 is 4.79 Å². The third-order valence-corrected chi connectivity index (χ3v) is 3.56. The van der Waals surface area contributed by atoms with Gasteiger partial charge in [0.05, 0.1) is 6.54 Å². The first-order valence-electron chi connectivity index (χ1n) is 6.63. The Morgan fingerprint density at radius 2 is 1.83 bits per heavy atom. The molecule has 3 heteroatoms. The molecule has 0 saturated heterocycles. The van der Waals surface area contributed by atoms with E-state index in [0.29, 0.717) is 19.1 Å². The zero-order valence-electron chi connectivity index (χ0n) is 11.5. The molecule has 1 aromatic rings. The first kappa shape index (κ1) is 13.1. The minimum atomic E-state index is 0.0829. The first-order valence-corrected chi connectivity index (χ1v) is 6.63. The van der Waals surface area contributed by atoms with Crippen LogP contribution in [0.4, 0.5) is 0 Å². The van der Waals surface area contributed by atoms with Gasteiger partial charge in [0.15, 0.2) is 0 Å². The van der Waals surface area contributed by atoms with Gasteiger partial charge in [0.2, 0.25) is 5.91 Å². The smallest absolute Gasteiger partial charge is 0.234 e. The van der Waals surface area contributed by atoms with Gasteiger partial charge in [-0.15, -0.1) is 0 Å². The van der Waals surface area contributed by atoms with Crippen LogP contribution in [0.5, 0.6) is 0 Å². The molecular weight excluding hydrogens is 224 g/mol. The number of hydrogen-bond donors (Lipinski definition) is 2. The fraction of sp³-hybridized carbons (Fsp3) is 0.533. The molecule has 18 heavy (non-hydrogen) atoms. The minimum Gasteiger partial charge on any atom is -0.351 e.